The zero-order chi connectivity index (χ0) is 8.39. The third-order valence-corrected chi connectivity index (χ3v) is 3.15. The third kappa shape index (κ3) is 1.47. The lowest BCUT2D eigenvalue weighted by Crippen LogP contribution is -2.17. The monoisotopic (exact) mass is 168 g/mol. The summed E-state index contributed by atoms with van der Waals surface area (Å²) < 4.78 is 5.07. The second kappa shape index (κ2) is 3.46. The van der Waals surface area contributed by atoms with E-state index in [0.29, 0.717) is 12.5 Å². The minimum absolute atomic E-state index is 0.0712. The lowest BCUT2D eigenvalue weighted by atomic mass is 9.84. The van der Waals surface area contributed by atoms with Gasteiger partial charge in [0.15, 0.2) is 0 Å². The molecular formula is C10H16O2. The summed E-state index contributed by atoms with van der Waals surface area (Å²) in [6.45, 7) is 0.698. The van der Waals surface area contributed by atoms with Crippen LogP contribution in [-0.2, 0) is 9.53 Å². The Balaban J connectivity index is 2.00. The highest BCUT2D eigenvalue weighted by molar-refractivity contribution is 5.74. The normalized spacial score (nSPS) is 36.5. The van der Waals surface area contributed by atoms with Gasteiger partial charge in [-0.1, -0.05) is 25.7 Å². The number of carbonyl (C=O) groups excluding carboxylic acids is 1. The number of fused-ring (bicyclic) bond motifs is 1. The zero-order valence-corrected chi connectivity index (χ0v) is 7.42. The molecule has 1 saturated heterocycles. The van der Waals surface area contributed by atoms with E-state index in [0.717, 1.165) is 6.42 Å². The third-order valence-electron chi connectivity index (χ3n) is 3.15. The molecule has 68 valence electrons. The van der Waals surface area contributed by atoms with Gasteiger partial charge in [-0.05, 0) is 12.8 Å². The van der Waals surface area contributed by atoms with Crippen LogP contribution in [0.1, 0.15) is 38.5 Å². The number of cyclic esters (lactones) is 1. The second-order valence-corrected chi connectivity index (χ2v) is 3.99. The maximum Gasteiger partial charge on any atom is 0.309 e. The molecule has 1 heterocycles. The van der Waals surface area contributed by atoms with Crippen molar-refractivity contribution in [2.45, 2.75) is 38.5 Å². The van der Waals surface area contributed by atoms with Crippen LogP contribution in [0.4, 0.5) is 0 Å². The molecule has 1 aliphatic carbocycles. The molecular weight excluding hydrogens is 152 g/mol. The molecule has 2 rings (SSSR count). The molecule has 0 spiro atoms. The summed E-state index contributed by atoms with van der Waals surface area (Å²) in [4.78, 5) is 11.3. The molecule has 2 fully saturated rings. The van der Waals surface area contributed by atoms with Gasteiger partial charge >= 0.3 is 5.97 Å². The first-order valence-corrected chi connectivity index (χ1v) is 5.04. The predicted molar refractivity (Wildman–Crippen MR) is 45.6 cm³/mol. The molecule has 0 amide bonds. The Labute approximate surface area is 73.3 Å². The molecule has 0 radical (unpaired) electrons. The Morgan fingerprint density at radius 1 is 1.08 bits per heavy atom. The minimum atomic E-state index is 0.0712. The topological polar surface area (TPSA) is 26.3 Å². The van der Waals surface area contributed by atoms with Crippen molar-refractivity contribution >= 4 is 5.97 Å². The fraction of sp³-hybridized carbons (Fsp3) is 0.900. The quantitative estimate of drug-likeness (QED) is 0.518. The van der Waals surface area contributed by atoms with E-state index in [9.17, 15) is 4.79 Å². The van der Waals surface area contributed by atoms with Crippen LogP contribution >= 0.6 is 0 Å². The molecule has 0 aromatic carbocycles. The standard InChI is InChI=1S/C10H16O2/c11-10-9-6-4-2-1-3-5-8(9)7-12-10/h8-9H,1-7H2/t8-,9-/m0/s1. The molecule has 12 heavy (non-hydrogen) atoms. The summed E-state index contributed by atoms with van der Waals surface area (Å²) in [6, 6.07) is 0. The van der Waals surface area contributed by atoms with Gasteiger partial charge in [-0.2, -0.15) is 0 Å². The van der Waals surface area contributed by atoms with Crippen LogP contribution in [0.2, 0.25) is 0 Å². The van der Waals surface area contributed by atoms with E-state index >= 15 is 0 Å². The van der Waals surface area contributed by atoms with Crippen LogP contribution in [0.5, 0.6) is 0 Å². The Hall–Kier alpha value is -0.530. The van der Waals surface area contributed by atoms with Gasteiger partial charge in [0.25, 0.3) is 0 Å². The SMILES string of the molecule is O=C1OC[C@@H]2CCCCCC[C@H]12. The van der Waals surface area contributed by atoms with E-state index < -0.39 is 0 Å². The van der Waals surface area contributed by atoms with Gasteiger partial charge in [0, 0.05) is 5.92 Å². The molecule has 0 aromatic heterocycles. The number of hydrogen-bond donors (Lipinski definition) is 0. The highest BCUT2D eigenvalue weighted by Gasteiger charge is 2.36. The van der Waals surface area contributed by atoms with Gasteiger partial charge in [0.1, 0.15) is 0 Å². The van der Waals surface area contributed by atoms with Crippen LogP contribution in [0.25, 0.3) is 0 Å². The summed E-state index contributed by atoms with van der Waals surface area (Å²) >= 11 is 0. The smallest absolute Gasteiger partial charge is 0.309 e. The number of rotatable bonds is 0. The van der Waals surface area contributed by atoms with Crippen LogP contribution < -0.4 is 0 Å². The fourth-order valence-electron chi connectivity index (χ4n) is 2.37. The molecule has 0 unspecified atom stereocenters. The van der Waals surface area contributed by atoms with Crippen molar-refractivity contribution in [1.82, 2.24) is 0 Å². The van der Waals surface area contributed by atoms with Crippen molar-refractivity contribution in [3.05, 3.63) is 0 Å². The second-order valence-electron chi connectivity index (χ2n) is 3.99. The first-order chi connectivity index (χ1) is 5.88. The highest BCUT2D eigenvalue weighted by atomic mass is 16.5. The number of hydrogen-bond acceptors (Lipinski definition) is 2. The van der Waals surface area contributed by atoms with E-state index in [-0.39, 0.29) is 11.9 Å². The Kier molecular flexibility index (Phi) is 2.33. The molecule has 2 atom stereocenters. The van der Waals surface area contributed by atoms with Crippen molar-refractivity contribution in [3.63, 3.8) is 0 Å². The number of carbonyl (C=O) groups is 1. The van der Waals surface area contributed by atoms with Gasteiger partial charge in [0.05, 0.1) is 12.5 Å². The summed E-state index contributed by atoms with van der Waals surface area (Å²) in [5.41, 5.74) is 0. The fourth-order valence-corrected chi connectivity index (χ4v) is 2.37. The largest absolute Gasteiger partial charge is 0.465 e. The minimum Gasteiger partial charge on any atom is -0.465 e. The van der Waals surface area contributed by atoms with Gasteiger partial charge in [0.2, 0.25) is 0 Å². The molecule has 2 heteroatoms. The van der Waals surface area contributed by atoms with Crippen LogP contribution in [0, 0.1) is 11.8 Å². The van der Waals surface area contributed by atoms with Gasteiger partial charge in [-0.3, -0.25) is 4.79 Å². The first kappa shape index (κ1) is 8.09. The lowest BCUT2D eigenvalue weighted by molar-refractivity contribution is -0.141. The van der Waals surface area contributed by atoms with E-state index in [1.54, 1.807) is 0 Å². The van der Waals surface area contributed by atoms with Gasteiger partial charge in [-0.15, -0.1) is 0 Å². The predicted octanol–water partition coefficient (Wildman–Crippen LogP) is 2.13. The van der Waals surface area contributed by atoms with Crippen molar-refractivity contribution in [3.8, 4) is 0 Å². The van der Waals surface area contributed by atoms with Crippen LogP contribution in [-0.4, -0.2) is 12.6 Å². The molecule has 0 aromatic rings. The van der Waals surface area contributed by atoms with E-state index in [1.165, 1.54) is 32.1 Å². The lowest BCUT2D eigenvalue weighted by Gasteiger charge is -2.17. The Morgan fingerprint density at radius 2 is 1.83 bits per heavy atom. The maximum atomic E-state index is 11.3. The van der Waals surface area contributed by atoms with Crippen LogP contribution in [0.15, 0.2) is 0 Å². The van der Waals surface area contributed by atoms with Crippen molar-refractivity contribution in [2.24, 2.45) is 11.8 Å². The molecule has 0 bridgehead atoms. The number of esters is 1. The average molecular weight is 168 g/mol. The zero-order valence-electron chi connectivity index (χ0n) is 7.42. The molecule has 1 aliphatic heterocycles. The summed E-state index contributed by atoms with van der Waals surface area (Å²) in [6.07, 6.45) is 7.43. The Bertz CT molecular complexity index is 177. The van der Waals surface area contributed by atoms with E-state index in [2.05, 4.69) is 0 Å². The Morgan fingerprint density at radius 3 is 2.67 bits per heavy atom. The summed E-state index contributed by atoms with van der Waals surface area (Å²) in [5, 5.41) is 0. The molecule has 2 aliphatic rings. The molecule has 1 saturated carbocycles. The van der Waals surface area contributed by atoms with Crippen molar-refractivity contribution in [2.75, 3.05) is 6.61 Å². The van der Waals surface area contributed by atoms with Crippen LogP contribution in [0.3, 0.4) is 0 Å². The number of ether oxygens (including phenoxy) is 1. The molecule has 2 nitrogen and oxygen atoms in total. The van der Waals surface area contributed by atoms with E-state index in [1.807, 2.05) is 0 Å². The van der Waals surface area contributed by atoms with Crippen molar-refractivity contribution < 1.29 is 9.53 Å². The summed E-state index contributed by atoms with van der Waals surface area (Å²) in [7, 11) is 0. The highest BCUT2D eigenvalue weighted by Crippen LogP contribution is 2.33. The van der Waals surface area contributed by atoms with Gasteiger partial charge in [-0.25, -0.2) is 0 Å². The first-order valence-electron chi connectivity index (χ1n) is 5.04. The maximum absolute atomic E-state index is 11.3. The van der Waals surface area contributed by atoms with Crippen molar-refractivity contribution in [1.29, 1.82) is 0 Å². The van der Waals surface area contributed by atoms with Gasteiger partial charge < -0.3 is 4.74 Å². The molecule has 0 N–H and O–H groups in total. The average Bonchev–Trinajstić information content (AvgIpc) is 2.31. The van der Waals surface area contributed by atoms with E-state index in [4.69, 9.17) is 4.74 Å². The summed E-state index contributed by atoms with van der Waals surface area (Å²) in [5.74, 6) is 0.880.